The number of hydrogen-bond donors (Lipinski definition) is 0. The fourth-order valence-electron chi connectivity index (χ4n) is 2.17. The molecular weight excluding hydrogens is 172 g/mol. The Bertz CT molecular complexity index is 220. The lowest BCUT2D eigenvalue weighted by Crippen LogP contribution is -2.35. The summed E-state index contributed by atoms with van der Waals surface area (Å²) in [5.41, 5.74) is 0. The Balaban J connectivity index is 2.16. The van der Waals surface area contributed by atoms with Gasteiger partial charge in [0.05, 0.1) is 19.1 Å². The molecule has 0 unspecified atom stereocenters. The van der Waals surface area contributed by atoms with Gasteiger partial charge in [-0.05, 0) is 6.42 Å². The van der Waals surface area contributed by atoms with Crippen LogP contribution in [0.3, 0.4) is 0 Å². The number of carbonyl (C=O) groups excluding carboxylic acids is 2. The number of hydrogen-bond acceptors (Lipinski definition) is 4. The molecule has 2 fully saturated rings. The van der Waals surface area contributed by atoms with Gasteiger partial charge in [0.1, 0.15) is 12.6 Å². The van der Waals surface area contributed by atoms with E-state index >= 15 is 0 Å². The lowest BCUT2D eigenvalue weighted by molar-refractivity contribution is -0.181. The van der Waals surface area contributed by atoms with Crippen molar-refractivity contribution in [2.75, 3.05) is 13.2 Å². The van der Waals surface area contributed by atoms with Gasteiger partial charge >= 0.3 is 0 Å². The molecule has 0 N–H and O–H groups in total. The van der Waals surface area contributed by atoms with E-state index in [-0.39, 0.29) is 11.8 Å². The van der Waals surface area contributed by atoms with Crippen LogP contribution in [-0.2, 0) is 19.1 Å². The van der Waals surface area contributed by atoms with Crippen molar-refractivity contribution in [3.05, 3.63) is 0 Å². The van der Waals surface area contributed by atoms with Crippen LogP contribution < -0.4 is 0 Å². The van der Waals surface area contributed by atoms with Crippen molar-refractivity contribution >= 4 is 12.6 Å². The molecule has 2 rings (SSSR count). The van der Waals surface area contributed by atoms with E-state index in [0.29, 0.717) is 26.1 Å². The van der Waals surface area contributed by atoms with Gasteiger partial charge in [-0.15, -0.1) is 0 Å². The minimum atomic E-state index is -0.771. The van der Waals surface area contributed by atoms with Crippen LogP contribution in [0, 0.1) is 11.8 Å². The van der Waals surface area contributed by atoms with Gasteiger partial charge < -0.3 is 19.1 Å². The summed E-state index contributed by atoms with van der Waals surface area (Å²) in [6, 6.07) is 0. The van der Waals surface area contributed by atoms with Crippen molar-refractivity contribution in [2.24, 2.45) is 11.8 Å². The van der Waals surface area contributed by atoms with Gasteiger partial charge in [-0.1, -0.05) is 0 Å². The first kappa shape index (κ1) is 8.84. The molecule has 1 heterocycles. The Morgan fingerprint density at radius 2 is 1.85 bits per heavy atom. The SMILES string of the molecule is O=C[C@@H]1C[C@H](C=O)C2(C1)OCCO2. The van der Waals surface area contributed by atoms with E-state index < -0.39 is 5.79 Å². The van der Waals surface area contributed by atoms with E-state index in [4.69, 9.17) is 9.47 Å². The third-order valence-electron chi connectivity index (χ3n) is 2.80. The molecule has 2 aliphatic rings. The molecular formula is C9H12O4. The molecule has 1 aliphatic heterocycles. The molecule has 4 nitrogen and oxygen atoms in total. The summed E-state index contributed by atoms with van der Waals surface area (Å²) in [5, 5.41) is 0. The molecule has 1 saturated heterocycles. The van der Waals surface area contributed by atoms with Crippen LogP contribution in [0.25, 0.3) is 0 Å². The van der Waals surface area contributed by atoms with Crippen LogP contribution in [0.5, 0.6) is 0 Å². The lowest BCUT2D eigenvalue weighted by atomic mass is 10.0. The van der Waals surface area contributed by atoms with E-state index in [0.717, 1.165) is 12.6 Å². The second-order valence-corrected chi connectivity index (χ2v) is 3.59. The first-order chi connectivity index (χ1) is 6.30. The standard InChI is InChI=1S/C9H12O4/c10-5-7-3-8(6-11)9(4-7)12-1-2-13-9/h5-8H,1-4H2/t7-,8-/m1/s1. The summed E-state index contributed by atoms with van der Waals surface area (Å²) in [5.74, 6) is -1.13. The van der Waals surface area contributed by atoms with Crippen LogP contribution in [0.4, 0.5) is 0 Å². The van der Waals surface area contributed by atoms with Gasteiger partial charge in [-0.3, -0.25) is 0 Å². The average molecular weight is 184 g/mol. The monoisotopic (exact) mass is 184 g/mol. The number of ether oxygens (including phenoxy) is 2. The zero-order chi connectivity index (χ0) is 9.31. The highest BCUT2D eigenvalue weighted by Crippen LogP contribution is 2.43. The molecule has 1 saturated carbocycles. The van der Waals surface area contributed by atoms with Gasteiger partial charge in [0.15, 0.2) is 5.79 Å². The largest absolute Gasteiger partial charge is 0.347 e. The van der Waals surface area contributed by atoms with Crippen LogP contribution >= 0.6 is 0 Å². The number of carbonyl (C=O) groups is 2. The molecule has 1 aliphatic carbocycles. The zero-order valence-corrected chi connectivity index (χ0v) is 7.27. The topological polar surface area (TPSA) is 52.6 Å². The first-order valence-corrected chi connectivity index (χ1v) is 4.49. The normalized spacial score (nSPS) is 36.6. The van der Waals surface area contributed by atoms with Crippen molar-refractivity contribution < 1.29 is 19.1 Å². The summed E-state index contributed by atoms with van der Waals surface area (Å²) >= 11 is 0. The van der Waals surface area contributed by atoms with Crippen molar-refractivity contribution in [2.45, 2.75) is 18.6 Å². The molecule has 0 aromatic rings. The Labute approximate surface area is 76.2 Å². The smallest absolute Gasteiger partial charge is 0.178 e. The second-order valence-electron chi connectivity index (χ2n) is 3.59. The maximum Gasteiger partial charge on any atom is 0.178 e. The predicted octanol–water partition coefficient (Wildman–Crippen LogP) is 0.153. The third-order valence-corrected chi connectivity index (χ3v) is 2.80. The van der Waals surface area contributed by atoms with Gasteiger partial charge in [0.25, 0.3) is 0 Å². The van der Waals surface area contributed by atoms with Crippen LogP contribution in [0.15, 0.2) is 0 Å². The Kier molecular flexibility index (Phi) is 2.17. The quantitative estimate of drug-likeness (QED) is 0.573. The van der Waals surface area contributed by atoms with E-state index in [1.165, 1.54) is 0 Å². The van der Waals surface area contributed by atoms with E-state index in [1.54, 1.807) is 0 Å². The molecule has 0 bridgehead atoms. The fraction of sp³-hybridized carbons (Fsp3) is 0.778. The Morgan fingerprint density at radius 3 is 2.38 bits per heavy atom. The minimum Gasteiger partial charge on any atom is -0.347 e. The average Bonchev–Trinajstić information content (AvgIpc) is 2.74. The highest BCUT2D eigenvalue weighted by atomic mass is 16.7. The van der Waals surface area contributed by atoms with Gasteiger partial charge in [-0.2, -0.15) is 0 Å². The minimum absolute atomic E-state index is 0.0895. The van der Waals surface area contributed by atoms with Crippen LogP contribution in [0.2, 0.25) is 0 Å². The second kappa shape index (κ2) is 3.20. The first-order valence-electron chi connectivity index (χ1n) is 4.49. The van der Waals surface area contributed by atoms with Crippen molar-refractivity contribution in [3.63, 3.8) is 0 Å². The van der Waals surface area contributed by atoms with E-state index in [1.807, 2.05) is 0 Å². The summed E-state index contributed by atoms with van der Waals surface area (Å²) in [4.78, 5) is 21.3. The Morgan fingerprint density at radius 1 is 1.15 bits per heavy atom. The molecule has 1 spiro atoms. The predicted molar refractivity (Wildman–Crippen MR) is 43.0 cm³/mol. The molecule has 0 aromatic heterocycles. The van der Waals surface area contributed by atoms with Crippen molar-refractivity contribution in [1.82, 2.24) is 0 Å². The van der Waals surface area contributed by atoms with Crippen molar-refractivity contribution in [1.29, 1.82) is 0 Å². The summed E-state index contributed by atoms with van der Waals surface area (Å²) in [6.07, 6.45) is 2.82. The lowest BCUT2D eigenvalue weighted by Gasteiger charge is -2.25. The molecule has 0 radical (unpaired) electrons. The van der Waals surface area contributed by atoms with Gasteiger partial charge in [0.2, 0.25) is 0 Å². The molecule has 2 atom stereocenters. The third kappa shape index (κ3) is 1.30. The highest BCUT2D eigenvalue weighted by molar-refractivity contribution is 5.61. The zero-order valence-electron chi connectivity index (χ0n) is 7.27. The maximum absolute atomic E-state index is 10.8. The molecule has 4 heteroatoms. The fourth-order valence-corrected chi connectivity index (χ4v) is 2.17. The molecule has 0 amide bonds. The van der Waals surface area contributed by atoms with Crippen LogP contribution in [0.1, 0.15) is 12.8 Å². The molecule has 0 aromatic carbocycles. The van der Waals surface area contributed by atoms with E-state index in [2.05, 4.69) is 0 Å². The molecule has 13 heavy (non-hydrogen) atoms. The Hall–Kier alpha value is -0.740. The molecule has 72 valence electrons. The van der Waals surface area contributed by atoms with Gasteiger partial charge in [-0.25, -0.2) is 0 Å². The maximum atomic E-state index is 10.8. The van der Waals surface area contributed by atoms with E-state index in [9.17, 15) is 9.59 Å². The van der Waals surface area contributed by atoms with Gasteiger partial charge in [0, 0.05) is 12.3 Å². The number of aldehydes is 2. The summed E-state index contributed by atoms with van der Waals surface area (Å²) in [6.45, 7) is 1.05. The summed E-state index contributed by atoms with van der Waals surface area (Å²) < 4.78 is 10.8. The number of rotatable bonds is 2. The van der Waals surface area contributed by atoms with Crippen LogP contribution in [-0.4, -0.2) is 31.6 Å². The highest BCUT2D eigenvalue weighted by Gasteiger charge is 2.51. The van der Waals surface area contributed by atoms with Crippen molar-refractivity contribution in [3.8, 4) is 0 Å². The summed E-state index contributed by atoms with van der Waals surface area (Å²) in [7, 11) is 0.